The summed E-state index contributed by atoms with van der Waals surface area (Å²) in [6.07, 6.45) is 6.37. The van der Waals surface area contributed by atoms with Gasteiger partial charge in [-0.2, -0.15) is 0 Å². The van der Waals surface area contributed by atoms with Crippen LogP contribution in [0.4, 0.5) is 4.39 Å². The van der Waals surface area contributed by atoms with Crippen LogP contribution in [0.15, 0.2) is 29.3 Å². The molecule has 0 amide bonds. The molecule has 26 heavy (non-hydrogen) atoms. The summed E-state index contributed by atoms with van der Waals surface area (Å²) in [7, 11) is 3.43. The summed E-state index contributed by atoms with van der Waals surface area (Å²) in [4.78, 5) is 6.84. The minimum absolute atomic E-state index is 0.147. The van der Waals surface area contributed by atoms with Crippen LogP contribution < -0.4 is 10.6 Å². The zero-order chi connectivity index (χ0) is 18.6. The summed E-state index contributed by atoms with van der Waals surface area (Å²) >= 11 is 0. The number of nitrogens with one attached hydrogen (secondary N) is 2. The van der Waals surface area contributed by atoms with Crippen molar-refractivity contribution in [1.82, 2.24) is 15.5 Å². The number of halogens is 1. The lowest BCUT2D eigenvalue weighted by atomic mass is 10.1. The van der Waals surface area contributed by atoms with E-state index >= 15 is 0 Å². The van der Waals surface area contributed by atoms with E-state index in [1.807, 2.05) is 0 Å². The molecule has 1 heterocycles. The molecule has 5 nitrogen and oxygen atoms in total. The molecule has 6 heteroatoms. The monoisotopic (exact) mass is 364 g/mol. The van der Waals surface area contributed by atoms with Crippen molar-refractivity contribution in [2.75, 3.05) is 46.9 Å². The van der Waals surface area contributed by atoms with Crippen molar-refractivity contribution in [3.63, 3.8) is 0 Å². The van der Waals surface area contributed by atoms with Gasteiger partial charge in [0, 0.05) is 27.2 Å². The highest BCUT2D eigenvalue weighted by molar-refractivity contribution is 5.79. The van der Waals surface area contributed by atoms with Crippen molar-refractivity contribution in [1.29, 1.82) is 0 Å². The molecule has 1 saturated heterocycles. The van der Waals surface area contributed by atoms with Crippen molar-refractivity contribution in [3.8, 4) is 0 Å². The average Bonchev–Trinajstić information content (AvgIpc) is 2.94. The van der Waals surface area contributed by atoms with E-state index in [1.165, 1.54) is 50.9 Å². The fourth-order valence-electron chi connectivity index (χ4n) is 3.29. The van der Waals surface area contributed by atoms with E-state index in [1.54, 1.807) is 26.3 Å². The number of nitrogens with zero attached hydrogens (tertiary/aromatic N) is 2. The third-order valence-corrected chi connectivity index (χ3v) is 4.85. The Morgan fingerprint density at radius 2 is 1.85 bits per heavy atom. The van der Waals surface area contributed by atoms with E-state index in [-0.39, 0.29) is 11.9 Å². The molecule has 146 valence electrons. The minimum atomic E-state index is -0.238. The highest BCUT2D eigenvalue weighted by Crippen LogP contribution is 2.16. The third-order valence-electron chi connectivity index (χ3n) is 4.85. The van der Waals surface area contributed by atoms with Crippen LogP contribution in [0.5, 0.6) is 0 Å². The molecular formula is C20H33FN4O. The Bertz CT molecular complexity index is 527. The maximum atomic E-state index is 13.1. The fraction of sp³-hybridized carbons (Fsp3) is 0.650. The first-order valence-corrected chi connectivity index (χ1v) is 9.68. The predicted octanol–water partition coefficient (Wildman–Crippen LogP) is 2.94. The SMILES string of the molecule is CN=C(NCCCN1CCCCCC1)NCC(OC)c1ccc(F)cc1. The van der Waals surface area contributed by atoms with Crippen molar-refractivity contribution in [2.24, 2.45) is 4.99 Å². The molecule has 1 aliphatic rings. The smallest absolute Gasteiger partial charge is 0.191 e. The highest BCUT2D eigenvalue weighted by atomic mass is 19.1. The van der Waals surface area contributed by atoms with Crippen molar-refractivity contribution < 1.29 is 9.13 Å². The van der Waals surface area contributed by atoms with Gasteiger partial charge in [-0.3, -0.25) is 4.99 Å². The molecular weight excluding hydrogens is 331 g/mol. The van der Waals surface area contributed by atoms with Crippen molar-refractivity contribution in [2.45, 2.75) is 38.2 Å². The van der Waals surface area contributed by atoms with E-state index in [0.717, 1.165) is 31.0 Å². The van der Waals surface area contributed by atoms with E-state index < -0.39 is 0 Å². The minimum Gasteiger partial charge on any atom is -0.375 e. The average molecular weight is 365 g/mol. The summed E-state index contributed by atoms with van der Waals surface area (Å²) in [5, 5.41) is 6.65. The number of hydrogen-bond acceptors (Lipinski definition) is 3. The second-order valence-electron chi connectivity index (χ2n) is 6.77. The molecule has 0 radical (unpaired) electrons. The number of aliphatic imine (C=N–C) groups is 1. The summed E-state index contributed by atoms with van der Waals surface area (Å²) in [5.41, 5.74) is 0.943. The molecule has 2 rings (SSSR count). The van der Waals surface area contributed by atoms with Crippen LogP contribution in [0, 0.1) is 5.82 Å². The molecule has 2 N–H and O–H groups in total. The van der Waals surface area contributed by atoms with Crippen molar-refractivity contribution >= 4 is 5.96 Å². The summed E-state index contributed by atoms with van der Waals surface area (Å²) in [6, 6.07) is 6.42. The molecule has 0 saturated carbocycles. The fourth-order valence-corrected chi connectivity index (χ4v) is 3.29. The number of benzene rings is 1. The van der Waals surface area contributed by atoms with Gasteiger partial charge in [0.1, 0.15) is 5.82 Å². The summed E-state index contributed by atoms with van der Waals surface area (Å²) in [6.45, 7) is 5.08. The number of likely N-dealkylation sites (tertiary alicyclic amines) is 1. The number of guanidine groups is 1. The van der Waals surface area contributed by atoms with Gasteiger partial charge in [0.05, 0.1) is 6.10 Å². The molecule has 1 aromatic rings. The van der Waals surface area contributed by atoms with Gasteiger partial charge in [0.2, 0.25) is 0 Å². The molecule has 0 spiro atoms. The number of methoxy groups -OCH3 is 1. The lowest BCUT2D eigenvalue weighted by Gasteiger charge is -2.21. The van der Waals surface area contributed by atoms with E-state index in [9.17, 15) is 4.39 Å². The first-order chi connectivity index (χ1) is 12.7. The normalized spacial score (nSPS) is 17.6. The Morgan fingerprint density at radius 1 is 1.15 bits per heavy atom. The maximum absolute atomic E-state index is 13.1. The first-order valence-electron chi connectivity index (χ1n) is 9.68. The van der Waals surface area contributed by atoms with Crippen LogP contribution >= 0.6 is 0 Å². The Balaban J connectivity index is 1.68. The lowest BCUT2D eigenvalue weighted by Crippen LogP contribution is -2.40. The van der Waals surface area contributed by atoms with Crippen LogP contribution in [0.1, 0.15) is 43.8 Å². The standard InChI is InChI=1S/C20H33FN4O/c1-22-20(23-12-7-15-25-13-5-3-4-6-14-25)24-16-19(26-2)17-8-10-18(21)11-9-17/h8-11,19H,3-7,12-16H2,1-2H3,(H2,22,23,24). The molecule has 1 aromatic carbocycles. The number of hydrogen-bond donors (Lipinski definition) is 2. The Hall–Kier alpha value is -1.66. The number of rotatable bonds is 8. The topological polar surface area (TPSA) is 48.9 Å². The van der Waals surface area contributed by atoms with Gasteiger partial charge in [-0.25, -0.2) is 4.39 Å². The molecule has 1 unspecified atom stereocenters. The second-order valence-corrected chi connectivity index (χ2v) is 6.77. The molecule has 1 fully saturated rings. The van der Waals surface area contributed by atoms with Crippen molar-refractivity contribution in [3.05, 3.63) is 35.6 Å². The van der Waals surface area contributed by atoms with Crippen LogP contribution in [0.2, 0.25) is 0 Å². The van der Waals surface area contributed by atoms with Gasteiger partial charge in [-0.1, -0.05) is 25.0 Å². The Morgan fingerprint density at radius 3 is 2.46 bits per heavy atom. The Labute approximate surface area is 157 Å². The van der Waals surface area contributed by atoms with Gasteiger partial charge in [-0.15, -0.1) is 0 Å². The zero-order valence-corrected chi connectivity index (χ0v) is 16.1. The van der Waals surface area contributed by atoms with Gasteiger partial charge < -0.3 is 20.3 Å². The van der Waals surface area contributed by atoms with Crippen LogP contribution in [-0.2, 0) is 4.74 Å². The lowest BCUT2D eigenvalue weighted by molar-refractivity contribution is 0.106. The van der Waals surface area contributed by atoms with Crippen LogP contribution in [0.3, 0.4) is 0 Å². The molecule has 1 atom stereocenters. The molecule has 0 bridgehead atoms. The van der Waals surface area contributed by atoms with E-state index in [2.05, 4.69) is 20.5 Å². The summed E-state index contributed by atoms with van der Waals surface area (Å²) < 4.78 is 18.6. The van der Waals surface area contributed by atoms with E-state index in [0.29, 0.717) is 6.54 Å². The van der Waals surface area contributed by atoms with Gasteiger partial charge >= 0.3 is 0 Å². The third kappa shape index (κ3) is 7.30. The van der Waals surface area contributed by atoms with Crippen LogP contribution in [-0.4, -0.2) is 57.7 Å². The van der Waals surface area contributed by atoms with Gasteiger partial charge in [-0.05, 0) is 56.6 Å². The zero-order valence-electron chi connectivity index (χ0n) is 16.1. The molecule has 0 aliphatic carbocycles. The van der Waals surface area contributed by atoms with E-state index in [4.69, 9.17) is 4.74 Å². The first kappa shape index (κ1) is 20.6. The maximum Gasteiger partial charge on any atom is 0.191 e. The molecule has 1 aliphatic heterocycles. The largest absolute Gasteiger partial charge is 0.375 e. The van der Waals surface area contributed by atoms with Gasteiger partial charge in [0.25, 0.3) is 0 Å². The highest BCUT2D eigenvalue weighted by Gasteiger charge is 2.12. The summed E-state index contributed by atoms with van der Waals surface area (Å²) in [5.74, 6) is 0.531. The predicted molar refractivity (Wildman–Crippen MR) is 105 cm³/mol. The Kier molecular flexibility index (Phi) is 9.42. The molecule has 0 aromatic heterocycles. The second kappa shape index (κ2) is 11.9. The van der Waals surface area contributed by atoms with Crippen LogP contribution in [0.25, 0.3) is 0 Å². The quantitative estimate of drug-likeness (QED) is 0.423. The van der Waals surface area contributed by atoms with Gasteiger partial charge in [0.15, 0.2) is 5.96 Å². The number of ether oxygens (including phenoxy) is 1.